The second-order valence-corrected chi connectivity index (χ2v) is 4.06. The van der Waals surface area contributed by atoms with Crippen molar-refractivity contribution in [3.63, 3.8) is 0 Å². The summed E-state index contributed by atoms with van der Waals surface area (Å²) in [4.78, 5) is 2.28. The molecular formula is C10H15N3O. The van der Waals surface area contributed by atoms with Crippen molar-refractivity contribution in [2.24, 2.45) is 0 Å². The van der Waals surface area contributed by atoms with E-state index < -0.39 is 0 Å². The summed E-state index contributed by atoms with van der Waals surface area (Å²) < 4.78 is 5.31. The van der Waals surface area contributed by atoms with Crippen LogP contribution in [0.3, 0.4) is 0 Å². The number of anilines is 1. The molecule has 1 aromatic heterocycles. The molecule has 0 unspecified atom stereocenters. The lowest BCUT2D eigenvalue weighted by Crippen LogP contribution is -2.36. The van der Waals surface area contributed by atoms with E-state index in [4.69, 9.17) is 4.74 Å². The Morgan fingerprint density at radius 2 is 2.14 bits per heavy atom. The maximum Gasteiger partial charge on any atom is 0.150 e. The maximum atomic E-state index is 5.31. The van der Waals surface area contributed by atoms with E-state index in [-0.39, 0.29) is 0 Å². The molecule has 0 radical (unpaired) electrons. The van der Waals surface area contributed by atoms with Crippen molar-refractivity contribution in [1.82, 2.24) is 10.2 Å². The van der Waals surface area contributed by atoms with E-state index in [1.807, 2.05) is 0 Å². The van der Waals surface area contributed by atoms with E-state index in [1.54, 1.807) is 0 Å². The molecule has 0 spiro atoms. The van der Waals surface area contributed by atoms with Gasteiger partial charge in [-0.05, 0) is 12.8 Å². The first-order valence-corrected chi connectivity index (χ1v) is 5.31. The van der Waals surface area contributed by atoms with Gasteiger partial charge >= 0.3 is 0 Å². The van der Waals surface area contributed by atoms with E-state index >= 15 is 0 Å². The van der Waals surface area contributed by atoms with Crippen LogP contribution in [0.1, 0.15) is 24.5 Å². The minimum atomic E-state index is 0.761. The van der Waals surface area contributed by atoms with Crippen molar-refractivity contribution in [2.45, 2.75) is 18.8 Å². The van der Waals surface area contributed by atoms with Crippen LogP contribution in [0.2, 0.25) is 0 Å². The zero-order chi connectivity index (χ0) is 9.38. The molecular weight excluding hydrogens is 178 g/mol. The summed E-state index contributed by atoms with van der Waals surface area (Å²) in [6, 6.07) is 2.20. The minimum absolute atomic E-state index is 0.761. The summed E-state index contributed by atoms with van der Waals surface area (Å²) in [5.74, 6) is 1.85. The van der Waals surface area contributed by atoms with Gasteiger partial charge in [0.1, 0.15) is 0 Å². The SMILES string of the molecule is c1c(N2CCOCC2)n[nH]c1C1CC1. The Hall–Kier alpha value is -1.03. The molecule has 1 aromatic rings. The third-order valence-electron chi connectivity index (χ3n) is 2.94. The molecule has 1 saturated carbocycles. The van der Waals surface area contributed by atoms with Gasteiger partial charge in [-0.2, -0.15) is 5.10 Å². The van der Waals surface area contributed by atoms with Crippen molar-refractivity contribution < 1.29 is 4.74 Å². The Balaban J connectivity index is 1.74. The number of morpholine rings is 1. The predicted molar refractivity (Wildman–Crippen MR) is 53.6 cm³/mol. The Morgan fingerprint density at radius 1 is 1.36 bits per heavy atom. The maximum absolute atomic E-state index is 5.31. The second kappa shape index (κ2) is 3.28. The van der Waals surface area contributed by atoms with E-state index in [0.717, 1.165) is 38.0 Å². The number of nitrogens with one attached hydrogen (secondary N) is 1. The first kappa shape index (κ1) is 8.29. The molecule has 1 aliphatic carbocycles. The first-order valence-electron chi connectivity index (χ1n) is 5.31. The van der Waals surface area contributed by atoms with Gasteiger partial charge in [-0.15, -0.1) is 0 Å². The number of ether oxygens (including phenoxy) is 1. The van der Waals surface area contributed by atoms with Crippen LogP contribution in [0.4, 0.5) is 5.82 Å². The van der Waals surface area contributed by atoms with Gasteiger partial charge in [-0.1, -0.05) is 0 Å². The highest BCUT2D eigenvalue weighted by Crippen LogP contribution is 2.39. The fourth-order valence-corrected chi connectivity index (χ4v) is 1.88. The van der Waals surface area contributed by atoms with Gasteiger partial charge in [0.15, 0.2) is 5.82 Å². The molecule has 14 heavy (non-hydrogen) atoms. The van der Waals surface area contributed by atoms with E-state index in [9.17, 15) is 0 Å². The second-order valence-electron chi connectivity index (χ2n) is 4.06. The molecule has 2 fully saturated rings. The first-order chi connectivity index (χ1) is 6.93. The van der Waals surface area contributed by atoms with Crippen LogP contribution < -0.4 is 4.90 Å². The van der Waals surface area contributed by atoms with Gasteiger partial charge in [-0.25, -0.2) is 0 Å². The lowest BCUT2D eigenvalue weighted by molar-refractivity contribution is 0.122. The molecule has 1 N–H and O–H groups in total. The van der Waals surface area contributed by atoms with Gasteiger partial charge in [-0.3, -0.25) is 5.10 Å². The lowest BCUT2D eigenvalue weighted by Gasteiger charge is -2.26. The average Bonchev–Trinajstić information content (AvgIpc) is 2.98. The summed E-state index contributed by atoms with van der Waals surface area (Å²) in [7, 11) is 0. The fourth-order valence-electron chi connectivity index (χ4n) is 1.88. The molecule has 0 bridgehead atoms. The van der Waals surface area contributed by atoms with Crippen molar-refractivity contribution in [1.29, 1.82) is 0 Å². The van der Waals surface area contributed by atoms with Crippen LogP contribution in [0.15, 0.2) is 6.07 Å². The molecule has 0 amide bonds. The average molecular weight is 193 g/mol. The molecule has 1 saturated heterocycles. The molecule has 3 rings (SSSR count). The quantitative estimate of drug-likeness (QED) is 0.765. The Kier molecular flexibility index (Phi) is 1.94. The number of rotatable bonds is 2. The van der Waals surface area contributed by atoms with Crippen LogP contribution in [-0.4, -0.2) is 36.5 Å². The summed E-state index contributed by atoms with van der Waals surface area (Å²) in [6.45, 7) is 3.58. The molecule has 2 aliphatic rings. The normalized spacial score (nSPS) is 22.7. The number of hydrogen-bond donors (Lipinski definition) is 1. The Labute approximate surface area is 83.2 Å². The van der Waals surface area contributed by atoms with E-state index in [1.165, 1.54) is 18.5 Å². The smallest absolute Gasteiger partial charge is 0.150 e. The topological polar surface area (TPSA) is 41.1 Å². The molecule has 2 heterocycles. The summed E-state index contributed by atoms with van der Waals surface area (Å²) in [6.07, 6.45) is 2.65. The van der Waals surface area contributed by atoms with Crippen LogP contribution in [0, 0.1) is 0 Å². The largest absolute Gasteiger partial charge is 0.378 e. The van der Waals surface area contributed by atoms with E-state index in [2.05, 4.69) is 21.2 Å². The van der Waals surface area contributed by atoms with Gasteiger partial charge in [0.05, 0.1) is 13.2 Å². The summed E-state index contributed by atoms with van der Waals surface area (Å²) >= 11 is 0. The van der Waals surface area contributed by atoms with Crippen LogP contribution in [-0.2, 0) is 4.74 Å². The van der Waals surface area contributed by atoms with E-state index in [0.29, 0.717) is 0 Å². The molecule has 0 atom stereocenters. The van der Waals surface area contributed by atoms with Crippen LogP contribution >= 0.6 is 0 Å². The molecule has 4 heteroatoms. The highest BCUT2D eigenvalue weighted by Gasteiger charge is 2.26. The number of aromatic amines is 1. The minimum Gasteiger partial charge on any atom is -0.378 e. The highest BCUT2D eigenvalue weighted by molar-refractivity contribution is 5.41. The predicted octanol–water partition coefficient (Wildman–Crippen LogP) is 1.12. The van der Waals surface area contributed by atoms with Gasteiger partial charge in [0.2, 0.25) is 0 Å². The number of aromatic nitrogens is 2. The van der Waals surface area contributed by atoms with Crippen molar-refractivity contribution in [3.8, 4) is 0 Å². The highest BCUT2D eigenvalue weighted by atomic mass is 16.5. The number of nitrogens with zero attached hydrogens (tertiary/aromatic N) is 2. The van der Waals surface area contributed by atoms with Gasteiger partial charge in [0, 0.05) is 30.8 Å². The van der Waals surface area contributed by atoms with Crippen molar-refractivity contribution in [3.05, 3.63) is 11.8 Å². The zero-order valence-electron chi connectivity index (χ0n) is 8.20. The molecule has 76 valence electrons. The van der Waals surface area contributed by atoms with Gasteiger partial charge in [0.25, 0.3) is 0 Å². The fraction of sp³-hybridized carbons (Fsp3) is 0.700. The van der Waals surface area contributed by atoms with Crippen molar-refractivity contribution in [2.75, 3.05) is 31.2 Å². The lowest BCUT2D eigenvalue weighted by atomic mass is 10.3. The van der Waals surface area contributed by atoms with Crippen molar-refractivity contribution >= 4 is 5.82 Å². The number of H-pyrrole nitrogens is 1. The van der Waals surface area contributed by atoms with Crippen LogP contribution in [0.25, 0.3) is 0 Å². The standard InChI is InChI=1S/C10H15N3O/c1-2-8(1)9-7-10(12-11-9)13-3-5-14-6-4-13/h7-8H,1-6H2,(H,11,12). The van der Waals surface area contributed by atoms with Gasteiger partial charge < -0.3 is 9.64 Å². The third-order valence-corrected chi connectivity index (χ3v) is 2.94. The Bertz CT molecular complexity index is 313. The monoisotopic (exact) mass is 193 g/mol. The summed E-state index contributed by atoms with van der Waals surface area (Å²) in [5.41, 5.74) is 1.31. The summed E-state index contributed by atoms with van der Waals surface area (Å²) in [5, 5.41) is 7.48. The van der Waals surface area contributed by atoms with Crippen LogP contribution in [0.5, 0.6) is 0 Å². The number of hydrogen-bond acceptors (Lipinski definition) is 3. The third kappa shape index (κ3) is 1.50. The Morgan fingerprint density at radius 3 is 2.86 bits per heavy atom. The molecule has 1 aliphatic heterocycles. The molecule has 0 aromatic carbocycles. The zero-order valence-corrected chi connectivity index (χ0v) is 8.20. The molecule has 4 nitrogen and oxygen atoms in total.